The Labute approximate surface area is 123 Å². The van der Waals surface area contributed by atoms with E-state index in [9.17, 15) is 0 Å². The highest BCUT2D eigenvalue weighted by Gasteiger charge is 2.40. The predicted octanol–water partition coefficient (Wildman–Crippen LogP) is 5.81. The highest BCUT2D eigenvalue weighted by molar-refractivity contribution is 5.36. The smallest absolute Gasteiger partial charge is 0.0120 e. The maximum absolute atomic E-state index is 2.37. The van der Waals surface area contributed by atoms with Crippen LogP contribution in [0.3, 0.4) is 0 Å². The van der Waals surface area contributed by atoms with Gasteiger partial charge in [-0.3, -0.25) is 0 Å². The van der Waals surface area contributed by atoms with Crippen molar-refractivity contribution in [3.8, 4) is 0 Å². The zero-order valence-corrected chi connectivity index (χ0v) is 13.1. The zero-order chi connectivity index (χ0) is 14.5. The van der Waals surface area contributed by atoms with Gasteiger partial charge in [-0.05, 0) is 36.3 Å². The SMILES string of the molecule is CC.Cc1cccc(C(c2ccccc2)C2CC2C)c1. The van der Waals surface area contributed by atoms with Crippen molar-refractivity contribution < 1.29 is 0 Å². The largest absolute Gasteiger partial charge is 0.0683 e. The first-order valence-electron chi connectivity index (χ1n) is 7.87. The van der Waals surface area contributed by atoms with Gasteiger partial charge in [-0.15, -0.1) is 0 Å². The van der Waals surface area contributed by atoms with Crippen molar-refractivity contribution in [1.29, 1.82) is 0 Å². The number of aryl methyl sites for hydroxylation is 1. The molecule has 20 heavy (non-hydrogen) atoms. The van der Waals surface area contributed by atoms with Crippen molar-refractivity contribution >= 4 is 0 Å². The lowest BCUT2D eigenvalue weighted by Crippen LogP contribution is -2.04. The normalized spacial score (nSPS) is 21.6. The summed E-state index contributed by atoms with van der Waals surface area (Å²) in [5.41, 5.74) is 4.31. The Hall–Kier alpha value is -1.56. The predicted molar refractivity (Wildman–Crippen MR) is 88.1 cm³/mol. The minimum absolute atomic E-state index is 0.584. The summed E-state index contributed by atoms with van der Waals surface area (Å²) in [5.74, 6) is 2.28. The van der Waals surface area contributed by atoms with Gasteiger partial charge in [-0.25, -0.2) is 0 Å². The molecule has 0 heterocycles. The fourth-order valence-corrected chi connectivity index (χ4v) is 3.03. The van der Waals surface area contributed by atoms with E-state index in [1.54, 1.807) is 0 Å². The number of rotatable bonds is 3. The van der Waals surface area contributed by atoms with E-state index in [2.05, 4.69) is 68.4 Å². The fourth-order valence-electron chi connectivity index (χ4n) is 3.03. The molecule has 3 rings (SSSR count). The van der Waals surface area contributed by atoms with Crippen LogP contribution in [-0.4, -0.2) is 0 Å². The maximum Gasteiger partial charge on any atom is 0.0120 e. The third kappa shape index (κ3) is 3.30. The Balaban J connectivity index is 0.000000704. The molecule has 0 aromatic heterocycles. The van der Waals surface area contributed by atoms with Crippen LogP contribution in [0.5, 0.6) is 0 Å². The summed E-state index contributed by atoms with van der Waals surface area (Å²) in [5, 5.41) is 0. The summed E-state index contributed by atoms with van der Waals surface area (Å²) in [7, 11) is 0. The number of hydrogen-bond donors (Lipinski definition) is 0. The van der Waals surface area contributed by atoms with Gasteiger partial charge in [-0.1, -0.05) is 80.9 Å². The van der Waals surface area contributed by atoms with Gasteiger partial charge in [-0.2, -0.15) is 0 Å². The molecule has 106 valence electrons. The average Bonchev–Trinajstić information content (AvgIpc) is 3.19. The molecule has 3 unspecified atom stereocenters. The summed E-state index contributed by atoms with van der Waals surface area (Å²) in [6.45, 7) is 8.55. The van der Waals surface area contributed by atoms with E-state index in [0.717, 1.165) is 11.8 Å². The van der Waals surface area contributed by atoms with Gasteiger partial charge in [0.25, 0.3) is 0 Å². The van der Waals surface area contributed by atoms with Crippen LogP contribution in [0, 0.1) is 18.8 Å². The summed E-state index contributed by atoms with van der Waals surface area (Å²) in [6.07, 6.45) is 1.37. The van der Waals surface area contributed by atoms with Gasteiger partial charge < -0.3 is 0 Å². The molecule has 0 aliphatic heterocycles. The van der Waals surface area contributed by atoms with Crippen LogP contribution >= 0.6 is 0 Å². The van der Waals surface area contributed by atoms with Crippen LogP contribution in [-0.2, 0) is 0 Å². The lowest BCUT2D eigenvalue weighted by atomic mass is 9.86. The molecule has 3 atom stereocenters. The summed E-state index contributed by atoms with van der Waals surface area (Å²) >= 11 is 0. The molecule has 2 aromatic carbocycles. The van der Waals surface area contributed by atoms with E-state index in [1.807, 2.05) is 13.8 Å². The summed E-state index contributed by atoms with van der Waals surface area (Å²) in [6, 6.07) is 20.0. The Bertz CT molecular complexity index is 527. The topological polar surface area (TPSA) is 0 Å². The Morgan fingerprint density at radius 3 is 2.05 bits per heavy atom. The number of hydrogen-bond acceptors (Lipinski definition) is 0. The molecular formula is C20H26. The molecule has 0 saturated heterocycles. The third-order valence-electron chi connectivity index (χ3n) is 4.16. The first-order valence-corrected chi connectivity index (χ1v) is 7.87. The molecule has 1 aliphatic rings. The Morgan fingerprint density at radius 1 is 0.900 bits per heavy atom. The molecule has 0 amide bonds. The average molecular weight is 266 g/mol. The summed E-state index contributed by atoms with van der Waals surface area (Å²) < 4.78 is 0. The zero-order valence-electron chi connectivity index (χ0n) is 13.1. The first-order chi connectivity index (χ1) is 9.75. The van der Waals surface area contributed by atoms with Crippen molar-refractivity contribution in [2.24, 2.45) is 11.8 Å². The van der Waals surface area contributed by atoms with Crippen molar-refractivity contribution in [2.75, 3.05) is 0 Å². The van der Waals surface area contributed by atoms with Gasteiger partial charge in [0.05, 0.1) is 0 Å². The van der Waals surface area contributed by atoms with Gasteiger partial charge in [0, 0.05) is 5.92 Å². The van der Waals surface area contributed by atoms with E-state index < -0.39 is 0 Å². The fraction of sp³-hybridized carbons (Fsp3) is 0.400. The molecule has 0 nitrogen and oxygen atoms in total. The lowest BCUT2D eigenvalue weighted by Gasteiger charge is -2.18. The van der Waals surface area contributed by atoms with E-state index >= 15 is 0 Å². The standard InChI is InChI=1S/C18H20.C2H6/c1-13-7-6-10-16(11-13)18(17-12-14(17)2)15-8-4-3-5-9-15;1-2/h3-11,14,17-18H,12H2,1-2H3;1-2H3. The minimum atomic E-state index is 0.584. The van der Waals surface area contributed by atoms with Crippen LogP contribution in [0.4, 0.5) is 0 Å². The molecule has 1 aliphatic carbocycles. The van der Waals surface area contributed by atoms with Gasteiger partial charge >= 0.3 is 0 Å². The second kappa shape index (κ2) is 6.74. The quantitative estimate of drug-likeness (QED) is 0.657. The van der Waals surface area contributed by atoms with Crippen LogP contribution in [0.25, 0.3) is 0 Å². The van der Waals surface area contributed by atoms with Crippen molar-refractivity contribution in [2.45, 2.75) is 40.0 Å². The van der Waals surface area contributed by atoms with Crippen molar-refractivity contribution in [3.05, 3.63) is 71.3 Å². The monoisotopic (exact) mass is 266 g/mol. The van der Waals surface area contributed by atoms with Crippen LogP contribution < -0.4 is 0 Å². The maximum atomic E-state index is 2.37. The number of benzene rings is 2. The highest BCUT2D eigenvalue weighted by Crippen LogP contribution is 2.51. The summed E-state index contributed by atoms with van der Waals surface area (Å²) in [4.78, 5) is 0. The van der Waals surface area contributed by atoms with E-state index in [1.165, 1.54) is 23.1 Å². The van der Waals surface area contributed by atoms with E-state index in [-0.39, 0.29) is 0 Å². The van der Waals surface area contributed by atoms with Crippen molar-refractivity contribution in [3.63, 3.8) is 0 Å². The minimum Gasteiger partial charge on any atom is -0.0683 e. The molecule has 1 saturated carbocycles. The van der Waals surface area contributed by atoms with Gasteiger partial charge in [0.15, 0.2) is 0 Å². The third-order valence-corrected chi connectivity index (χ3v) is 4.16. The molecule has 0 radical (unpaired) electrons. The van der Waals surface area contributed by atoms with Gasteiger partial charge in [0.2, 0.25) is 0 Å². The Morgan fingerprint density at radius 2 is 1.50 bits per heavy atom. The molecule has 2 aromatic rings. The van der Waals surface area contributed by atoms with Crippen molar-refractivity contribution in [1.82, 2.24) is 0 Å². The molecule has 0 N–H and O–H groups in total. The first kappa shape index (κ1) is 14.8. The molecule has 1 fully saturated rings. The molecule has 0 bridgehead atoms. The van der Waals surface area contributed by atoms with Crippen LogP contribution in [0.15, 0.2) is 54.6 Å². The second-order valence-electron chi connectivity index (χ2n) is 5.68. The lowest BCUT2D eigenvalue weighted by molar-refractivity contribution is 0.651. The van der Waals surface area contributed by atoms with E-state index in [0.29, 0.717) is 5.92 Å². The highest BCUT2D eigenvalue weighted by atomic mass is 14.4. The molecule has 0 spiro atoms. The molecular weight excluding hydrogens is 240 g/mol. The molecule has 0 heteroatoms. The second-order valence-corrected chi connectivity index (χ2v) is 5.68. The van der Waals surface area contributed by atoms with Crippen LogP contribution in [0.1, 0.15) is 49.8 Å². The van der Waals surface area contributed by atoms with Crippen LogP contribution in [0.2, 0.25) is 0 Å². The van der Waals surface area contributed by atoms with E-state index in [4.69, 9.17) is 0 Å². The Kier molecular flexibility index (Phi) is 5.00. The van der Waals surface area contributed by atoms with Gasteiger partial charge in [0.1, 0.15) is 0 Å².